The summed E-state index contributed by atoms with van der Waals surface area (Å²) in [5.74, 6) is 2.58. The van der Waals surface area contributed by atoms with Gasteiger partial charge >= 0.3 is 0 Å². The zero-order valence-corrected chi connectivity index (χ0v) is 22.8. The third kappa shape index (κ3) is 5.95. The van der Waals surface area contributed by atoms with Crippen molar-refractivity contribution in [3.8, 4) is 17.1 Å². The SMILES string of the molecule is CCc1cccc(CC)c1-c1nc(C)c(COc2cc(C(C)OC=O)ccc2C)c(N2CCCCC2)n1. The number of piperidine rings is 1. The van der Waals surface area contributed by atoms with Crippen LogP contribution in [0.2, 0.25) is 0 Å². The van der Waals surface area contributed by atoms with Crippen molar-refractivity contribution >= 4 is 12.3 Å². The highest BCUT2D eigenvalue weighted by molar-refractivity contribution is 5.68. The van der Waals surface area contributed by atoms with Crippen LogP contribution in [-0.4, -0.2) is 29.5 Å². The van der Waals surface area contributed by atoms with Crippen LogP contribution in [0.5, 0.6) is 5.75 Å². The molecule has 1 unspecified atom stereocenters. The van der Waals surface area contributed by atoms with Crippen molar-refractivity contribution in [3.05, 3.63) is 69.9 Å². The number of aryl methyl sites for hydroxylation is 4. The molecule has 3 aromatic rings. The average molecular weight is 502 g/mol. The zero-order valence-electron chi connectivity index (χ0n) is 22.8. The van der Waals surface area contributed by atoms with Crippen LogP contribution < -0.4 is 9.64 Å². The van der Waals surface area contributed by atoms with Crippen molar-refractivity contribution in [2.24, 2.45) is 0 Å². The third-order valence-electron chi connectivity index (χ3n) is 7.38. The van der Waals surface area contributed by atoms with E-state index in [1.54, 1.807) is 0 Å². The van der Waals surface area contributed by atoms with Crippen LogP contribution in [0, 0.1) is 13.8 Å². The molecule has 0 spiro atoms. The molecule has 1 saturated heterocycles. The molecule has 6 heteroatoms. The van der Waals surface area contributed by atoms with Crippen molar-refractivity contribution in [3.63, 3.8) is 0 Å². The van der Waals surface area contributed by atoms with Crippen molar-refractivity contribution < 1.29 is 14.3 Å². The van der Waals surface area contributed by atoms with Gasteiger partial charge in [0.15, 0.2) is 5.82 Å². The van der Waals surface area contributed by atoms with Gasteiger partial charge in [0, 0.05) is 18.7 Å². The standard InChI is InChI=1S/C31H39N3O3/c1-6-24-12-11-13-25(7-2)29(24)30-32-22(4)27(31(33-30)34-16-9-8-10-17-34)19-36-28-18-26(15-14-21(28)3)23(5)37-20-35/h11-15,18,20,23H,6-10,16-17,19H2,1-5H3. The van der Waals surface area contributed by atoms with Crippen LogP contribution in [0.1, 0.15) is 79.6 Å². The first-order chi connectivity index (χ1) is 18.0. The highest BCUT2D eigenvalue weighted by atomic mass is 16.5. The molecular formula is C31H39N3O3. The number of benzene rings is 2. The molecule has 1 aromatic heterocycles. The summed E-state index contributed by atoms with van der Waals surface area (Å²) in [6, 6.07) is 12.4. The second-order valence-corrected chi connectivity index (χ2v) is 9.83. The van der Waals surface area contributed by atoms with Gasteiger partial charge in [0.1, 0.15) is 24.3 Å². The summed E-state index contributed by atoms with van der Waals surface area (Å²) in [5.41, 5.74) is 7.65. The molecule has 1 aliphatic heterocycles. The van der Waals surface area contributed by atoms with Crippen LogP contribution in [-0.2, 0) is 29.0 Å². The van der Waals surface area contributed by atoms with E-state index in [0.29, 0.717) is 13.1 Å². The summed E-state index contributed by atoms with van der Waals surface area (Å²) < 4.78 is 11.5. The second kappa shape index (κ2) is 12.2. The zero-order chi connectivity index (χ0) is 26.4. The molecule has 1 fully saturated rings. The Kier molecular flexibility index (Phi) is 8.80. The molecule has 2 heterocycles. The summed E-state index contributed by atoms with van der Waals surface area (Å²) in [6.45, 7) is 13.2. The van der Waals surface area contributed by atoms with Crippen molar-refractivity contribution in [2.75, 3.05) is 18.0 Å². The van der Waals surface area contributed by atoms with E-state index in [2.05, 4.69) is 43.9 Å². The monoisotopic (exact) mass is 501 g/mol. The normalized spacial score (nSPS) is 14.4. The Morgan fingerprint density at radius 2 is 1.70 bits per heavy atom. The highest BCUT2D eigenvalue weighted by Gasteiger charge is 2.23. The number of carbonyl (C=O) groups is 1. The number of aromatic nitrogens is 2. The smallest absolute Gasteiger partial charge is 0.293 e. The van der Waals surface area contributed by atoms with Crippen LogP contribution >= 0.6 is 0 Å². The molecule has 0 N–H and O–H groups in total. The summed E-state index contributed by atoms with van der Waals surface area (Å²) in [5, 5.41) is 0. The van der Waals surface area contributed by atoms with E-state index in [1.807, 2.05) is 32.0 Å². The number of carbonyl (C=O) groups excluding carboxylic acids is 1. The third-order valence-corrected chi connectivity index (χ3v) is 7.38. The van der Waals surface area contributed by atoms with E-state index in [9.17, 15) is 4.79 Å². The molecule has 0 amide bonds. The Hall–Kier alpha value is -3.41. The number of ether oxygens (including phenoxy) is 2. The predicted octanol–water partition coefficient (Wildman–Crippen LogP) is 6.69. The van der Waals surface area contributed by atoms with E-state index in [-0.39, 0.29) is 6.10 Å². The molecule has 0 saturated carbocycles. The molecule has 0 radical (unpaired) electrons. The lowest BCUT2D eigenvalue weighted by atomic mass is 9.96. The highest BCUT2D eigenvalue weighted by Crippen LogP contribution is 2.33. The van der Waals surface area contributed by atoms with Gasteiger partial charge in [0.05, 0.1) is 11.3 Å². The summed E-state index contributed by atoms with van der Waals surface area (Å²) in [7, 11) is 0. The predicted molar refractivity (Wildman–Crippen MR) is 148 cm³/mol. The summed E-state index contributed by atoms with van der Waals surface area (Å²) in [4.78, 5) is 23.5. The van der Waals surface area contributed by atoms with E-state index in [0.717, 1.165) is 65.7 Å². The van der Waals surface area contributed by atoms with E-state index < -0.39 is 0 Å². The van der Waals surface area contributed by atoms with Gasteiger partial charge in [-0.3, -0.25) is 4.79 Å². The molecule has 0 bridgehead atoms. The first-order valence-electron chi connectivity index (χ1n) is 13.5. The quantitative estimate of drug-likeness (QED) is 0.288. The lowest BCUT2D eigenvalue weighted by Gasteiger charge is -2.30. The van der Waals surface area contributed by atoms with Crippen molar-refractivity contribution in [2.45, 2.75) is 79.4 Å². The van der Waals surface area contributed by atoms with Gasteiger partial charge in [-0.1, -0.05) is 44.2 Å². The van der Waals surface area contributed by atoms with E-state index in [4.69, 9.17) is 19.4 Å². The molecule has 6 nitrogen and oxygen atoms in total. The fourth-order valence-electron chi connectivity index (χ4n) is 5.10. The first-order valence-corrected chi connectivity index (χ1v) is 13.5. The Morgan fingerprint density at radius 3 is 2.35 bits per heavy atom. The minimum atomic E-state index is -0.333. The van der Waals surface area contributed by atoms with E-state index in [1.165, 1.54) is 36.0 Å². The fourth-order valence-corrected chi connectivity index (χ4v) is 5.10. The Balaban J connectivity index is 1.74. The Morgan fingerprint density at radius 1 is 1.00 bits per heavy atom. The minimum Gasteiger partial charge on any atom is -0.488 e. The molecule has 2 aromatic carbocycles. The number of anilines is 1. The first kappa shape index (κ1) is 26.6. The van der Waals surface area contributed by atoms with Gasteiger partial charge in [0.2, 0.25) is 0 Å². The lowest BCUT2D eigenvalue weighted by Crippen LogP contribution is -2.32. The van der Waals surface area contributed by atoms with Crippen molar-refractivity contribution in [1.82, 2.24) is 9.97 Å². The van der Waals surface area contributed by atoms with Gasteiger partial charge in [-0.2, -0.15) is 0 Å². The van der Waals surface area contributed by atoms with Crippen LogP contribution in [0.4, 0.5) is 5.82 Å². The van der Waals surface area contributed by atoms with Gasteiger partial charge in [-0.05, 0) is 81.2 Å². The van der Waals surface area contributed by atoms with Gasteiger partial charge in [-0.25, -0.2) is 9.97 Å². The number of nitrogens with zero attached hydrogens (tertiary/aromatic N) is 3. The Bertz CT molecular complexity index is 1210. The molecule has 196 valence electrons. The van der Waals surface area contributed by atoms with Crippen LogP contribution in [0.3, 0.4) is 0 Å². The second-order valence-electron chi connectivity index (χ2n) is 9.83. The summed E-state index contributed by atoms with van der Waals surface area (Å²) >= 11 is 0. The minimum absolute atomic E-state index is 0.333. The molecule has 37 heavy (non-hydrogen) atoms. The van der Waals surface area contributed by atoms with Crippen molar-refractivity contribution in [1.29, 1.82) is 0 Å². The topological polar surface area (TPSA) is 64.6 Å². The van der Waals surface area contributed by atoms with Gasteiger partial charge in [-0.15, -0.1) is 0 Å². The molecule has 1 aliphatic rings. The fraction of sp³-hybridized carbons (Fsp3) is 0.452. The largest absolute Gasteiger partial charge is 0.488 e. The molecule has 0 aliphatic carbocycles. The van der Waals surface area contributed by atoms with Crippen LogP contribution in [0.25, 0.3) is 11.4 Å². The summed E-state index contributed by atoms with van der Waals surface area (Å²) in [6.07, 6.45) is 5.14. The van der Waals surface area contributed by atoms with Gasteiger partial charge < -0.3 is 14.4 Å². The maximum absolute atomic E-state index is 10.8. The number of hydrogen-bond acceptors (Lipinski definition) is 6. The molecular weight excluding hydrogens is 462 g/mol. The lowest BCUT2D eigenvalue weighted by molar-refractivity contribution is -0.133. The number of rotatable bonds is 10. The maximum atomic E-state index is 10.8. The Labute approximate surface area is 221 Å². The number of hydrogen-bond donors (Lipinski definition) is 0. The van der Waals surface area contributed by atoms with Gasteiger partial charge in [0.25, 0.3) is 6.47 Å². The molecule has 4 rings (SSSR count). The molecule has 1 atom stereocenters. The van der Waals surface area contributed by atoms with E-state index >= 15 is 0 Å². The van der Waals surface area contributed by atoms with Crippen LogP contribution in [0.15, 0.2) is 36.4 Å². The average Bonchev–Trinajstić information content (AvgIpc) is 2.92. The maximum Gasteiger partial charge on any atom is 0.293 e.